The van der Waals surface area contributed by atoms with Crippen LogP contribution in [0.3, 0.4) is 0 Å². The second-order valence-corrected chi connectivity index (χ2v) is 6.14. The number of rotatable bonds is 5. The standard InChI is InChI=1S/C12H9F3N4S2/c13-12(14,15)7-17-10-18-19-11(21-10)20-6-9-3-1-2-8(4-9)5-16/h1-4H,6-7H2,(H,17,18). The maximum Gasteiger partial charge on any atom is 0.405 e. The molecule has 0 radical (unpaired) electrons. The highest BCUT2D eigenvalue weighted by Gasteiger charge is 2.27. The highest BCUT2D eigenvalue weighted by molar-refractivity contribution is 8.00. The van der Waals surface area contributed by atoms with Crippen molar-refractivity contribution in [2.45, 2.75) is 16.3 Å². The summed E-state index contributed by atoms with van der Waals surface area (Å²) in [6.45, 7) is -1.13. The molecule has 0 saturated heterocycles. The first kappa shape index (κ1) is 15.6. The number of nitrogens with one attached hydrogen (secondary N) is 1. The number of nitrogens with zero attached hydrogens (tertiary/aromatic N) is 3. The van der Waals surface area contributed by atoms with Gasteiger partial charge in [-0.3, -0.25) is 0 Å². The van der Waals surface area contributed by atoms with Crippen LogP contribution in [0.2, 0.25) is 0 Å². The normalized spacial score (nSPS) is 11.1. The third kappa shape index (κ3) is 5.24. The van der Waals surface area contributed by atoms with E-state index in [9.17, 15) is 13.2 Å². The van der Waals surface area contributed by atoms with Crippen molar-refractivity contribution < 1.29 is 13.2 Å². The van der Waals surface area contributed by atoms with Gasteiger partial charge >= 0.3 is 6.18 Å². The molecule has 21 heavy (non-hydrogen) atoms. The van der Waals surface area contributed by atoms with Crippen LogP contribution < -0.4 is 5.32 Å². The van der Waals surface area contributed by atoms with Gasteiger partial charge in [-0.25, -0.2) is 0 Å². The zero-order chi connectivity index (χ0) is 15.3. The number of anilines is 1. The maximum absolute atomic E-state index is 12.1. The van der Waals surface area contributed by atoms with Crippen LogP contribution in [0, 0.1) is 11.3 Å². The predicted octanol–water partition coefficient (Wildman–Crippen LogP) is 3.68. The maximum atomic E-state index is 12.1. The van der Waals surface area contributed by atoms with Crippen LogP contribution in [0.1, 0.15) is 11.1 Å². The van der Waals surface area contributed by atoms with E-state index >= 15 is 0 Å². The fourth-order valence-electron chi connectivity index (χ4n) is 1.39. The molecule has 9 heteroatoms. The highest BCUT2D eigenvalue weighted by Crippen LogP contribution is 2.29. The molecule has 1 aromatic carbocycles. The van der Waals surface area contributed by atoms with E-state index in [1.807, 2.05) is 12.1 Å². The van der Waals surface area contributed by atoms with E-state index in [-0.39, 0.29) is 5.13 Å². The van der Waals surface area contributed by atoms with Gasteiger partial charge in [-0.05, 0) is 17.7 Å². The van der Waals surface area contributed by atoms with Gasteiger partial charge in [0.25, 0.3) is 0 Å². The summed E-state index contributed by atoms with van der Waals surface area (Å²) >= 11 is 2.43. The zero-order valence-corrected chi connectivity index (χ0v) is 12.1. The largest absolute Gasteiger partial charge is 0.405 e. The number of aromatic nitrogens is 2. The minimum atomic E-state index is -4.28. The Morgan fingerprint density at radius 2 is 2.14 bits per heavy atom. The number of hydrogen-bond donors (Lipinski definition) is 1. The van der Waals surface area contributed by atoms with Crippen molar-refractivity contribution in [2.24, 2.45) is 0 Å². The average Bonchev–Trinajstić information content (AvgIpc) is 2.90. The molecule has 0 fully saturated rings. The molecule has 1 aromatic heterocycles. The molecule has 1 heterocycles. The van der Waals surface area contributed by atoms with Crippen molar-refractivity contribution >= 4 is 28.2 Å². The summed E-state index contributed by atoms with van der Waals surface area (Å²) in [4.78, 5) is 0. The molecule has 0 aliphatic rings. The average molecular weight is 330 g/mol. The molecular weight excluding hydrogens is 321 g/mol. The van der Waals surface area contributed by atoms with Crippen molar-refractivity contribution in [1.29, 1.82) is 5.26 Å². The van der Waals surface area contributed by atoms with E-state index < -0.39 is 12.7 Å². The zero-order valence-electron chi connectivity index (χ0n) is 10.5. The van der Waals surface area contributed by atoms with E-state index in [4.69, 9.17) is 5.26 Å². The van der Waals surface area contributed by atoms with Gasteiger partial charge in [-0.2, -0.15) is 18.4 Å². The van der Waals surface area contributed by atoms with E-state index in [1.165, 1.54) is 11.8 Å². The SMILES string of the molecule is N#Cc1cccc(CSc2nnc(NCC(F)(F)F)s2)c1. The van der Waals surface area contributed by atoms with Crippen molar-refractivity contribution in [2.75, 3.05) is 11.9 Å². The van der Waals surface area contributed by atoms with Gasteiger partial charge < -0.3 is 5.32 Å². The van der Waals surface area contributed by atoms with E-state index in [0.717, 1.165) is 16.9 Å². The number of alkyl halides is 3. The Kier molecular flexibility index (Phi) is 5.03. The third-order valence-corrected chi connectivity index (χ3v) is 4.35. The lowest BCUT2D eigenvalue weighted by Crippen LogP contribution is -2.21. The molecule has 0 spiro atoms. The molecule has 0 amide bonds. The van der Waals surface area contributed by atoms with Crippen LogP contribution >= 0.6 is 23.1 Å². The Bertz CT molecular complexity index is 648. The number of halogens is 3. The van der Waals surface area contributed by atoms with Gasteiger partial charge in [0.15, 0.2) is 4.34 Å². The molecule has 0 aliphatic heterocycles. The molecule has 110 valence electrons. The molecule has 2 aromatic rings. The smallest absolute Gasteiger partial charge is 0.351 e. The summed E-state index contributed by atoms with van der Waals surface area (Å²) in [5.41, 5.74) is 1.51. The monoisotopic (exact) mass is 330 g/mol. The van der Waals surface area contributed by atoms with Crippen LogP contribution in [0.15, 0.2) is 28.6 Å². The molecular formula is C12H9F3N4S2. The molecule has 0 atom stereocenters. The van der Waals surface area contributed by atoms with Gasteiger partial charge in [0.05, 0.1) is 11.6 Å². The lowest BCUT2D eigenvalue weighted by atomic mass is 10.2. The summed E-state index contributed by atoms with van der Waals surface area (Å²) in [5.74, 6) is 0.573. The van der Waals surface area contributed by atoms with Gasteiger partial charge in [-0.15, -0.1) is 10.2 Å². The van der Waals surface area contributed by atoms with Gasteiger partial charge in [-0.1, -0.05) is 35.2 Å². The molecule has 0 aliphatic carbocycles. The second-order valence-electron chi connectivity index (χ2n) is 3.94. The van der Waals surface area contributed by atoms with Crippen LogP contribution in [-0.2, 0) is 5.75 Å². The van der Waals surface area contributed by atoms with Crippen molar-refractivity contribution in [3.8, 4) is 6.07 Å². The summed E-state index contributed by atoms with van der Waals surface area (Å²) < 4.78 is 36.7. The van der Waals surface area contributed by atoms with E-state index in [1.54, 1.807) is 18.2 Å². The first-order valence-electron chi connectivity index (χ1n) is 5.72. The number of thioether (sulfide) groups is 1. The summed E-state index contributed by atoms with van der Waals surface area (Å²) in [6, 6.07) is 9.17. The topological polar surface area (TPSA) is 61.6 Å². The van der Waals surface area contributed by atoms with Crippen LogP contribution in [0.4, 0.5) is 18.3 Å². The summed E-state index contributed by atoms with van der Waals surface area (Å²) in [7, 11) is 0. The van der Waals surface area contributed by atoms with Gasteiger partial charge in [0.1, 0.15) is 6.54 Å². The van der Waals surface area contributed by atoms with Crippen molar-refractivity contribution in [3.63, 3.8) is 0 Å². The fourth-order valence-corrected chi connectivity index (χ4v) is 3.08. The Balaban J connectivity index is 1.89. The van der Waals surface area contributed by atoms with Crippen LogP contribution in [-0.4, -0.2) is 22.9 Å². The Labute approximate surface area is 127 Å². The lowest BCUT2D eigenvalue weighted by Gasteiger charge is -2.05. The minimum absolute atomic E-state index is 0.139. The van der Waals surface area contributed by atoms with Crippen LogP contribution in [0.25, 0.3) is 0 Å². The van der Waals surface area contributed by atoms with E-state index in [0.29, 0.717) is 15.7 Å². The van der Waals surface area contributed by atoms with Gasteiger partial charge in [0, 0.05) is 5.75 Å². The molecule has 0 bridgehead atoms. The third-order valence-electron chi connectivity index (χ3n) is 2.26. The van der Waals surface area contributed by atoms with Crippen molar-refractivity contribution in [3.05, 3.63) is 35.4 Å². The Morgan fingerprint density at radius 3 is 2.86 bits per heavy atom. The second kappa shape index (κ2) is 6.78. The molecule has 1 N–H and O–H groups in total. The summed E-state index contributed by atoms with van der Waals surface area (Å²) in [5, 5.41) is 18.6. The molecule has 0 saturated carbocycles. The summed E-state index contributed by atoms with van der Waals surface area (Å²) in [6.07, 6.45) is -4.28. The lowest BCUT2D eigenvalue weighted by molar-refractivity contribution is -0.115. The molecule has 2 rings (SSSR count). The first-order chi connectivity index (χ1) is 9.96. The predicted molar refractivity (Wildman–Crippen MR) is 75.2 cm³/mol. The minimum Gasteiger partial charge on any atom is -0.351 e. The molecule has 4 nitrogen and oxygen atoms in total. The number of benzene rings is 1. The van der Waals surface area contributed by atoms with Crippen LogP contribution in [0.5, 0.6) is 0 Å². The quantitative estimate of drug-likeness (QED) is 0.848. The number of nitriles is 1. The highest BCUT2D eigenvalue weighted by atomic mass is 32.2. The van der Waals surface area contributed by atoms with Gasteiger partial charge in [0.2, 0.25) is 5.13 Å². The van der Waals surface area contributed by atoms with Crippen molar-refractivity contribution in [1.82, 2.24) is 10.2 Å². The first-order valence-corrected chi connectivity index (χ1v) is 7.52. The fraction of sp³-hybridized carbons (Fsp3) is 0.250. The Hall–Kier alpha value is -1.79. The Morgan fingerprint density at radius 1 is 1.33 bits per heavy atom. The number of hydrogen-bond acceptors (Lipinski definition) is 6. The van der Waals surface area contributed by atoms with E-state index in [2.05, 4.69) is 15.5 Å². The molecule has 0 unspecified atom stereocenters.